The van der Waals surface area contributed by atoms with Crippen LogP contribution in [-0.4, -0.2) is 31.2 Å². The third kappa shape index (κ3) is 2.90. The first kappa shape index (κ1) is 16.2. The largest absolute Gasteiger partial charge is 0.448 e. The lowest BCUT2D eigenvalue weighted by molar-refractivity contribution is 0.107. The predicted molar refractivity (Wildman–Crippen MR) is 99.6 cm³/mol. The molecular weight excluding hydrogens is 327 g/mol. The zero-order valence-electron chi connectivity index (χ0n) is 13.9. The van der Waals surface area contributed by atoms with Crippen molar-refractivity contribution in [2.75, 3.05) is 11.9 Å². The van der Waals surface area contributed by atoms with Gasteiger partial charge in [0.15, 0.2) is 7.85 Å². The number of fused-ring (bicyclic) bond motifs is 3. The van der Waals surface area contributed by atoms with E-state index in [1.165, 1.54) is 23.4 Å². The summed E-state index contributed by atoms with van der Waals surface area (Å²) >= 11 is 0. The van der Waals surface area contributed by atoms with Crippen molar-refractivity contribution in [1.29, 1.82) is 0 Å². The Bertz CT molecular complexity index is 950. The Morgan fingerprint density at radius 2 is 1.65 bits per heavy atom. The molecule has 0 bridgehead atoms. The van der Waals surface area contributed by atoms with Crippen LogP contribution in [0.1, 0.15) is 27.5 Å². The monoisotopic (exact) mass is 342 g/mol. The van der Waals surface area contributed by atoms with Crippen molar-refractivity contribution in [3.8, 4) is 11.1 Å². The van der Waals surface area contributed by atoms with Crippen molar-refractivity contribution in [1.82, 2.24) is 4.98 Å². The molecular formula is C20H15BN2O3. The van der Waals surface area contributed by atoms with Crippen LogP contribution in [0.2, 0.25) is 0 Å². The lowest BCUT2D eigenvalue weighted by Crippen LogP contribution is -2.17. The van der Waals surface area contributed by atoms with Gasteiger partial charge in [0.05, 0.1) is 11.4 Å². The van der Waals surface area contributed by atoms with Crippen molar-refractivity contribution in [3.05, 3.63) is 77.6 Å². The summed E-state index contributed by atoms with van der Waals surface area (Å²) in [5.41, 5.74) is 4.71. The van der Waals surface area contributed by atoms with Gasteiger partial charge in [-0.15, -0.1) is 0 Å². The van der Waals surface area contributed by atoms with Crippen LogP contribution in [0.25, 0.3) is 11.1 Å². The number of amides is 1. The Balaban J connectivity index is 1.47. The van der Waals surface area contributed by atoms with Gasteiger partial charge >= 0.3 is 6.09 Å². The molecule has 0 fully saturated rings. The average Bonchev–Trinajstić information content (AvgIpc) is 3.23. The third-order valence-electron chi connectivity index (χ3n) is 4.54. The summed E-state index contributed by atoms with van der Waals surface area (Å²) in [7, 11) is 5.18. The van der Waals surface area contributed by atoms with E-state index >= 15 is 0 Å². The van der Waals surface area contributed by atoms with E-state index in [0.717, 1.165) is 11.1 Å². The number of rotatable bonds is 4. The summed E-state index contributed by atoms with van der Waals surface area (Å²) in [5.74, 6) is 0.000514. The number of H-pyrrole nitrogens is 1. The van der Waals surface area contributed by atoms with Crippen LogP contribution in [0.4, 0.5) is 10.5 Å². The van der Waals surface area contributed by atoms with Gasteiger partial charge in [-0.2, -0.15) is 0 Å². The maximum Gasteiger partial charge on any atom is 0.411 e. The molecule has 1 aliphatic carbocycles. The highest BCUT2D eigenvalue weighted by molar-refractivity contribution is 6.62. The topological polar surface area (TPSA) is 71.2 Å². The minimum Gasteiger partial charge on any atom is -0.448 e. The second-order valence-electron chi connectivity index (χ2n) is 6.12. The maximum absolute atomic E-state index is 12.1. The van der Waals surface area contributed by atoms with Gasteiger partial charge in [-0.25, -0.2) is 4.79 Å². The fourth-order valence-electron chi connectivity index (χ4n) is 3.36. The minimum atomic E-state index is -0.592. The molecule has 0 saturated heterocycles. The molecule has 0 atom stereocenters. The fraction of sp³-hybridized carbons (Fsp3) is 0.100. The number of nitrogens with one attached hydrogen (secondary N) is 2. The van der Waals surface area contributed by atoms with Crippen molar-refractivity contribution in [2.24, 2.45) is 0 Å². The number of aromatic nitrogens is 1. The molecule has 1 heterocycles. The van der Waals surface area contributed by atoms with Crippen molar-refractivity contribution in [3.63, 3.8) is 0 Å². The molecule has 6 heteroatoms. The highest BCUT2D eigenvalue weighted by Gasteiger charge is 2.29. The quantitative estimate of drug-likeness (QED) is 0.711. The number of benzene rings is 2. The van der Waals surface area contributed by atoms with E-state index in [2.05, 4.69) is 34.6 Å². The van der Waals surface area contributed by atoms with Crippen LogP contribution in [0.5, 0.6) is 0 Å². The molecule has 1 aliphatic rings. The second kappa shape index (κ2) is 6.56. The van der Waals surface area contributed by atoms with E-state index in [1.807, 2.05) is 24.3 Å². The molecule has 0 saturated carbocycles. The Kier molecular flexibility index (Phi) is 4.09. The molecule has 0 unspecified atom stereocenters. The Hall–Kier alpha value is -3.28. The summed E-state index contributed by atoms with van der Waals surface area (Å²) in [6, 6.07) is 17.7. The number of hydrogen-bond donors (Lipinski definition) is 2. The van der Waals surface area contributed by atoms with Gasteiger partial charge in [0, 0.05) is 12.1 Å². The number of carbonyl (C=O) groups excluding carboxylic acids is 2. The number of carbonyl (C=O) groups is 2. The van der Waals surface area contributed by atoms with E-state index in [-0.39, 0.29) is 18.2 Å². The van der Waals surface area contributed by atoms with Gasteiger partial charge < -0.3 is 14.5 Å². The molecule has 1 aromatic heterocycles. The highest BCUT2D eigenvalue weighted by atomic mass is 16.5. The highest BCUT2D eigenvalue weighted by Crippen LogP contribution is 2.44. The molecule has 4 rings (SSSR count). The Morgan fingerprint density at radius 3 is 2.23 bits per heavy atom. The van der Waals surface area contributed by atoms with Gasteiger partial charge in [0.2, 0.25) is 0 Å². The zero-order valence-corrected chi connectivity index (χ0v) is 13.9. The molecule has 2 N–H and O–H groups in total. The number of hydrogen-bond acceptors (Lipinski definition) is 3. The molecule has 0 aliphatic heterocycles. The molecule has 0 spiro atoms. The first-order chi connectivity index (χ1) is 12.6. The summed E-state index contributed by atoms with van der Waals surface area (Å²) < 4.78 is 5.43. The van der Waals surface area contributed by atoms with Crippen LogP contribution in [0.3, 0.4) is 0 Å². The van der Waals surface area contributed by atoms with Crippen LogP contribution in [0.15, 0.2) is 60.8 Å². The average molecular weight is 342 g/mol. The predicted octanol–water partition coefficient (Wildman–Crippen LogP) is 3.68. The number of anilines is 1. The lowest BCUT2D eigenvalue weighted by Gasteiger charge is -2.14. The van der Waals surface area contributed by atoms with Crippen molar-refractivity contribution >= 4 is 25.3 Å². The van der Waals surface area contributed by atoms with E-state index in [1.54, 1.807) is 0 Å². The van der Waals surface area contributed by atoms with E-state index < -0.39 is 11.8 Å². The van der Waals surface area contributed by atoms with Crippen LogP contribution < -0.4 is 5.32 Å². The lowest BCUT2D eigenvalue weighted by atomic mass is 9.98. The molecule has 1 amide bonds. The van der Waals surface area contributed by atoms with Crippen molar-refractivity contribution < 1.29 is 14.3 Å². The first-order valence-corrected chi connectivity index (χ1v) is 8.23. The van der Waals surface area contributed by atoms with Gasteiger partial charge in [-0.1, -0.05) is 48.5 Å². The summed E-state index contributed by atoms with van der Waals surface area (Å²) in [5, 5.41) is 2.59. The van der Waals surface area contributed by atoms with E-state index in [9.17, 15) is 9.59 Å². The second-order valence-corrected chi connectivity index (χ2v) is 6.12. The van der Waals surface area contributed by atoms with Crippen LogP contribution in [0, 0.1) is 0 Å². The third-order valence-corrected chi connectivity index (χ3v) is 4.54. The van der Waals surface area contributed by atoms with Crippen molar-refractivity contribution in [2.45, 2.75) is 5.92 Å². The normalized spacial score (nSPS) is 12.3. The Labute approximate surface area is 151 Å². The molecule has 2 radical (unpaired) electrons. The molecule has 2 aromatic carbocycles. The smallest absolute Gasteiger partial charge is 0.411 e. The van der Waals surface area contributed by atoms with Gasteiger partial charge in [0.1, 0.15) is 12.3 Å². The maximum atomic E-state index is 12.1. The summed E-state index contributed by atoms with van der Waals surface area (Å²) in [4.78, 5) is 25.9. The molecule has 26 heavy (non-hydrogen) atoms. The van der Waals surface area contributed by atoms with E-state index in [0.29, 0.717) is 5.69 Å². The minimum absolute atomic E-state index is 0.000514. The number of ether oxygens (including phenoxy) is 1. The molecule has 3 aromatic rings. The van der Waals surface area contributed by atoms with Gasteiger partial charge in [-0.3, -0.25) is 5.32 Å². The SMILES string of the molecule is [B]C(=O)c1cc(NC(=O)OCC2c3ccccc3-c3ccccc32)c[nH]1. The summed E-state index contributed by atoms with van der Waals surface area (Å²) in [6.07, 6.45) is 0.906. The van der Waals surface area contributed by atoms with Gasteiger partial charge in [-0.05, 0) is 28.3 Å². The van der Waals surface area contributed by atoms with E-state index in [4.69, 9.17) is 12.6 Å². The van der Waals surface area contributed by atoms with Crippen LogP contribution >= 0.6 is 0 Å². The summed E-state index contributed by atoms with van der Waals surface area (Å²) in [6.45, 7) is 0.229. The zero-order chi connectivity index (χ0) is 18.1. The first-order valence-electron chi connectivity index (χ1n) is 8.23. The fourth-order valence-corrected chi connectivity index (χ4v) is 3.36. The Morgan fingerprint density at radius 1 is 1.04 bits per heavy atom. The van der Waals surface area contributed by atoms with Gasteiger partial charge in [0.25, 0.3) is 0 Å². The molecule has 126 valence electrons. The molecule has 5 nitrogen and oxygen atoms in total. The standard InChI is InChI=1S/C20H15BN2O3/c21-19(24)18-9-12(10-22-18)23-20(25)26-11-17-15-7-3-1-5-13(15)14-6-2-4-8-16(14)17/h1-10,17,22H,11H2,(H,23,25). The van der Waals surface area contributed by atoms with Crippen LogP contribution in [-0.2, 0) is 4.74 Å². The number of aromatic amines is 1.